The molecule has 128 valence electrons. The number of carbonyl (C=O) groups is 2. The van der Waals surface area contributed by atoms with Gasteiger partial charge in [0.05, 0.1) is 11.8 Å². The highest BCUT2D eigenvalue weighted by atomic mass is 16.7. The van der Waals surface area contributed by atoms with E-state index in [9.17, 15) is 9.59 Å². The Balaban J connectivity index is 1.29. The van der Waals surface area contributed by atoms with Crippen molar-refractivity contribution in [2.45, 2.75) is 13.0 Å². The first-order valence-corrected chi connectivity index (χ1v) is 8.08. The molecule has 1 saturated carbocycles. The molecule has 2 amide bonds. The molecule has 2 aliphatic rings. The largest absolute Gasteiger partial charge is 0.454 e. The summed E-state index contributed by atoms with van der Waals surface area (Å²) >= 11 is 0. The van der Waals surface area contributed by atoms with Crippen molar-refractivity contribution in [3.8, 4) is 11.5 Å². The van der Waals surface area contributed by atoms with Crippen molar-refractivity contribution in [1.82, 2.24) is 10.3 Å². The smallest absolute Gasteiger partial charge is 0.231 e. The van der Waals surface area contributed by atoms with Gasteiger partial charge in [-0.15, -0.1) is 0 Å². The van der Waals surface area contributed by atoms with E-state index in [1.807, 2.05) is 12.1 Å². The van der Waals surface area contributed by atoms with Crippen LogP contribution in [0.5, 0.6) is 11.5 Å². The molecule has 25 heavy (non-hydrogen) atoms. The Labute approximate surface area is 144 Å². The van der Waals surface area contributed by atoms with Crippen LogP contribution in [0.3, 0.4) is 0 Å². The van der Waals surface area contributed by atoms with Gasteiger partial charge in [-0.1, -0.05) is 0 Å². The summed E-state index contributed by atoms with van der Waals surface area (Å²) in [6, 6.07) is 8.92. The van der Waals surface area contributed by atoms with Gasteiger partial charge in [-0.25, -0.2) is 0 Å². The highest BCUT2D eigenvalue weighted by molar-refractivity contribution is 5.99. The van der Waals surface area contributed by atoms with Gasteiger partial charge in [0, 0.05) is 30.7 Å². The molecule has 0 saturated heterocycles. The zero-order chi connectivity index (χ0) is 17.2. The molecule has 2 aromatic rings. The third-order valence-corrected chi connectivity index (χ3v) is 4.32. The summed E-state index contributed by atoms with van der Waals surface area (Å²) in [5.41, 5.74) is 1.61. The first-order valence-electron chi connectivity index (χ1n) is 8.08. The number of anilines is 1. The summed E-state index contributed by atoms with van der Waals surface area (Å²) in [5, 5.41) is 5.69. The molecule has 1 aromatic heterocycles. The standard InChI is InChI=1S/C18H17N3O4/c22-17(20-9-11-3-5-19-6-4-11)13-8-14(13)18(23)21-12-1-2-15-16(7-12)25-10-24-15/h1-7,13-14H,8-10H2,(H,20,22)(H,21,23). The van der Waals surface area contributed by atoms with E-state index < -0.39 is 0 Å². The molecule has 2 N–H and O–H groups in total. The first kappa shape index (κ1) is 15.4. The van der Waals surface area contributed by atoms with Gasteiger partial charge in [-0.05, 0) is 36.2 Å². The van der Waals surface area contributed by atoms with Crippen LogP contribution in [0, 0.1) is 11.8 Å². The van der Waals surface area contributed by atoms with Crippen molar-refractivity contribution in [2.75, 3.05) is 12.1 Å². The number of ether oxygens (including phenoxy) is 2. The van der Waals surface area contributed by atoms with Crippen LogP contribution in [0.25, 0.3) is 0 Å². The predicted octanol–water partition coefficient (Wildman–Crippen LogP) is 1.70. The third kappa shape index (κ3) is 3.40. The van der Waals surface area contributed by atoms with E-state index >= 15 is 0 Å². The van der Waals surface area contributed by atoms with Crippen LogP contribution in [0.4, 0.5) is 5.69 Å². The highest BCUT2D eigenvalue weighted by Crippen LogP contribution is 2.40. The van der Waals surface area contributed by atoms with Gasteiger partial charge in [0.25, 0.3) is 0 Å². The number of rotatable bonds is 5. The fourth-order valence-electron chi connectivity index (χ4n) is 2.80. The second kappa shape index (κ2) is 6.43. The summed E-state index contributed by atoms with van der Waals surface area (Å²) in [4.78, 5) is 28.4. The second-order valence-electron chi connectivity index (χ2n) is 6.08. The lowest BCUT2D eigenvalue weighted by Gasteiger charge is -2.07. The van der Waals surface area contributed by atoms with Crippen LogP contribution in [0.2, 0.25) is 0 Å². The van der Waals surface area contributed by atoms with Gasteiger partial charge in [-0.3, -0.25) is 14.6 Å². The van der Waals surface area contributed by atoms with Crippen molar-refractivity contribution < 1.29 is 19.1 Å². The number of nitrogens with zero attached hydrogens (tertiary/aromatic N) is 1. The molecule has 1 aliphatic heterocycles. The lowest BCUT2D eigenvalue weighted by atomic mass is 10.2. The molecule has 2 atom stereocenters. The van der Waals surface area contributed by atoms with E-state index in [0.717, 1.165) is 5.56 Å². The molecule has 0 radical (unpaired) electrons. The monoisotopic (exact) mass is 339 g/mol. The zero-order valence-electron chi connectivity index (χ0n) is 13.4. The molecule has 2 heterocycles. The molecule has 0 bridgehead atoms. The van der Waals surface area contributed by atoms with Gasteiger partial charge in [0.15, 0.2) is 11.5 Å². The van der Waals surface area contributed by atoms with Gasteiger partial charge in [0.2, 0.25) is 18.6 Å². The summed E-state index contributed by atoms with van der Waals surface area (Å²) in [5.74, 6) is 0.474. The number of hydrogen-bond acceptors (Lipinski definition) is 5. The average molecular weight is 339 g/mol. The number of hydrogen-bond donors (Lipinski definition) is 2. The molecule has 7 heteroatoms. The van der Waals surface area contributed by atoms with E-state index in [2.05, 4.69) is 15.6 Å². The van der Waals surface area contributed by atoms with Crippen LogP contribution < -0.4 is 20.1 Å². The van der Waals surface area contributed by atoms with Crippen LogP contribution in [0.15, 0.2) is 42.7 Å². The molecular formula is C18H17N3O4. The van der Waals surface area contributed by atoms with Crippen molar-refractivity contribution in [3.63, 3.8) is 0 Å². The topological polar surface area (TPSA) is 89.6 Å². The van der Waals surface area contributed by atoms with Gasteiger partial charge in [-0.2, -0.15) is 0 Å². The molecule has 1 fully saturated rings. The maximum absolute atomic E-state index is 12.3. The van der Waals surface area contributed by atoms with E-state index in [0.29, 0.717) is 30.2 Å². The average Bonchev–Trinajstić information content (AvgIpc) is 3.31. The molecule has 1 aliphatic carbocycles. The van der Waals surface area contributed by atoms with Gasteiger partial charge in [0.1, 0.15) is 0 Å². The van der Waals surface area contributed by atoms with Crippen molar-refractivity contribution in [2.24, 2.45) is 11.8 Å². The molecule has 7 nitrogen and oxygen atoms in total. The minimum absolute atomic E-state index is 0.0948. The third-order valence-electron chi connectivity index (χ3n) is 4.32. The Bertz CT molecular complexity index is 809. The van der Waals surface area contributed by atoms with Crippen molar-refractivity contribution >= 4 is 17.5 Å². The lowest BCUT2D eigenvalue weighted by molar-refractivity contribution is -0.125. The zero-order valence-corrected chi connectivity index (χ0v) is 13.4. The Morgan fingerprint density at radius 3 is 2.64 bits per heavy atom. The maximum atomic E-state index is 12.3. The number of fused-ring (bicyclic) bond motifs is 1. The number of carbonyl (C=O) groups excluding carboxylic acids is 2. The summed E-state index contributed by atoms with van der Waals surface area (Å²) in [6.07, 6.45) is 3.93. The Kier molecular flexibility index (Phi) is 3.97. The van der Waals surface area contributed by atoms with Crippen LogP contribution >= 0.6 is 0 Å². The molecule has 4 rings (SSSR count). The number of nitrogens with one attached hydrogen (secondary N) is 2. The number of aromatic nitrogens is 1. The number of amides is 2. The van der Waals surface area contributed by atoms with Gasteiger partial charge < -0.3 is 20.1 Å². The summed E-state index contributed by atoms with van der Waals surface area (Å²) in [7, 11) is 0. The second-order valence-corrected chi connectivity index (χ2v) is 6.08. The molecule has 0 spiro atoms. The molecular weight excluding hydrogens is 322 g/mol. The normalized spacial score (nSPS) is 20.0. The quantitative estimate of drug-likeness (QED) is 0.865. The molecule has 2 unspecified atom stereocenters. The van der Waals surface area contributed by atoms with Crippen LogP contribution in [-0.2, 0) is 16.1 Å². The van der Waals surface area contributed by atoms with Crippen molar-refractivity contribution in [3.05, 3.63) is 48.3 Å². The van der Waals surface area contributed by atoms with Gasteiger partial charge >= 0.3 is 0 Å². The predicted molar refractivity (Wildman–Crippen MR) is 88.9 cm³/mol. The van der Waals surface area contributed by atoms with Crippen molar-refractivity contribution in [1.29, 1.82) is 0 Å². The first-order chi connectivity index (χ1) is 12.2. The fourth-order valence-corrected chi connectivity index (χ4v) is 2.80. The Morgan fingerprint density at radius 2 is 1.80 bits per heavy atom. The van der Waals surface area contributed by atoms with E-state index in [-0.39, 0.29) is 30.4 Å². The Hall–Kier alpha value is -3.09. The summed E-state index contributed by atoms with van der Waals surface area (Å²) < 4.78 is 10.5. The van der Waals surface area contributed by atoms with E-state index in [4.69, 9.17) is 9.47 Å². The number of benzene rings is 1. The minimum Gasteiger partial charge on any atom is -0.454 e. The lowest BCUT2D eigenvalue weighted by Crippen LogP contribution is -2.27. The SMILES string of the molecule is O=C(NCc1ccncc1)C1CC1C(=O)Nc1ccc2c(c1)OCO2. The van der Waals surface area contributed by atoms with E-state index in [1.54, 1.807) is 30.6 Å². The van der Waals surface area contributed by atoms with E-state index in [1.165, 1.54) is 0 Å². The highest BCUT2D eigenvalue weighted by Gasteiger charge is 2.47. The maximum Gasteiger partial charge on any atom is 0.231 e. The summed E-state index contributed by atoms with van der Waals surface area (Å²) in [6.45, 7) is 0.628. The fraction of sp³-hybridized carbons (Fsp3) is 0.278. The Morgan fingerprint density at radius 1 is 1.04 bits per heavy atom. The van der Waals surface area contributed by atoms with Crippen LogP contribution in [0.1, 0.15) is 12.0 Å². The van der Waals surface area contributed by atoms with Crippen LogP contribution in [-0.4, -0.2) is 23.6 Å². The molecule has 1 aromatic carbocycles. The minimum atomic E-state index is -0.289. The number of pyridine rings is 1.